The van der Waals surface area contributed by atoms with Gasteiger partial charge in [-0.3, -0.25) is 14.4 Å². The molecule has 4 aromatic carbocycles. The molecular weight excluding hydrogens is 534 g/mol. The van der Waals surface area contributed by atoms with E-state index in [1.165, 1.54) is 0 Å². The number of nitrogens with zero attached hydrogens (tertiary/aromatic N) is 2. The molecule has 1 heterocycles. The van der Waals surface area contributed by atoms with Crippen molar-refractivity contribution in [2.45, 2.75) is 51.7 Å². The van der Waals surface area contributed by atoms with E-state index in [1.54, 1.807) is 15.9 Å². The lowest BCUT2D eigenvalue weighted by Crippen LogP contribution is -2.51. The molecule has 4 aromatic rings. The lowest BCUT2D eigenvalue weighted by molar-refractivity contribution is -0.141. The first-order chi connectivity index (χ1) is 19.8. The third-order valence-electron chi connectivity index (χ3n) is 7.37. The van der Waals surface area contributed by atoms with Gasteiger partial charge in [-0.15, -0.1) is 0 Å². The van der Waals surface area contributed by atoms with Crippen LogP contribution in [0.15, 0.2) is 91.0 Å². The monoisotopic (exact) mass is 567 g/mol. The Morgan fingerprint density at radius 1 is 0.902 bits per heavy atom. The van der Waals surface area contributed by atoms with Crippen molar-refractivity contribution in [3.05, 3.63) is 113 Å². The van der Waals surface area contributed by atoms with Gasteiger partial charge in [0, 0.05) is 47.9 Å². The summed E-state index contributed by atoms with van der Waals surface area (Å²) in [6, 6.07) is 28.0. The maximum Gasteiger partial charge on any atom is 0.258 e. The molecule has 1 N–H and O–H groups in total. The summed E-state index contributed by atoms with van der Waals surface area (Å²) in [5, 5.41) is 5.57. The lowest BCUT2D eigenvalue weighted by Gasteiger charge is -2.32. The molecule has 1 unspecified atom stereocenters. The van der Waals surface area contributed by atoms with Gasteiger partial charge in [0.15, 0.2) is 0 Å². The van der Waals surface area contributed by atoms with Gasteiger partial charge in [0.05, 0.1) is 5.69 Å². The van der Waals surface area contributed by atoms with Crippen LogP contribution in [0.2, 0.25) is 5.02 Å². The Labute approximate surface area is 245 Å². The molecule has 0 saturated heterocycles. The zero-order valence-electron chi connectivity index (χ0n) is 23.3. The number of rotatable bonds is 11. The second-order valence-corrected chi connectivity index (χ2v) is 11.2. The predicted molar refractivity (Wildman–Crippen MR) is 164 cm³/mol. The minimum Gasteiger partial charge on any atom is -0.352 e. The van der Waals surface area contributed by atoms with Gasteiger partial charge in [-0.1, -0.05) is 78.3 Å². The first kappa shape index (κ1) is 28.4. The van der Waals surface area contributed by atoms with Gasteiger partial charge < -0.3 is 15.1 Å². The smallest absolute Gasteiger partial charge is 0.258 e. The fourth-order valence-electron chi connectivity index (χ4n) is 5.50. The minimum atomic E-state index is -0.710. The van der Waals surface area contributed by atoms with Gasteiger partial charge in [0.1, 0.15) is 6.04 Å². The topological polar surface area (TPSA) is 69.7 Å². The van der Waals surface area contributed by atoms with E-state index >= 15 is 0 Å². The third kappa shape index (κ3) is 6.44. The van der Waals surface area contributed by atoms with Gasteiger partial charge in [-0.05, 0) is 61.0 Å². The molecule has 0 fully saturated rings. The molecule has 3 amide bonds. The molecule has 1 atom stereocenters. The van der Waals surface area contributed by atoms with Crippen molar-refractivity contribution >= 4 is 45.8 Å². The van der Waals surface area contributed by atoms with Crippen molar-refractivity contribution in [3.8, 4) is 0 Å². The fraction of sp³-hybridized carbons (Fsp3) is 0.265. The standard InChI is InChI=1S/C34H34ClN3O3/c1-23(2)36-33(40)30(21-24-10-4-3-5-11-24)38(22-25-12-6-15-27(35)20-25)31(39)18-9-19-37-29-17-8-14-26-13-7-16-28(32(26)29)34(37)41/h3-8,10-17,20,23,30H,9,18-19,21-22H2,1-2H3,(H,36,40). The van der Waals surface area contributed by atoms with E-state index in [1.807, 2.05) is 98.8 Å². The average Bonchev–Trinajstić information content (AvgIpc) is 3.23. The molecule has 1 aliphatic heterocycles. The predicted octanol–water partition coefficient (Wildman–Crippen LogP) is 6.40. The van der Waals surface area contributed by atoms with Crippen LogP contribution in [0.3, 0.4) is 0 Å². The van der Waals surface area contributed by atoms with Gasteiger partial charge in [-0.25, -0.2) is 0 Å². The number of hydrogen-bond donors (Lipinski definition) is 1. The second-order valence-electron chi connectivity index (χ2n) is 10.8. The van der Waals surface area contributed by atoms with Crippen LogP contribution in [0.4, 0.5) is 5.69 Å². The summed E-state index contributed by atoms with van der Waals surface area (Å²) >= 11 is 6.27. The van der Waals surface area contributed by atoms with Gasteiger partial charge in [0.25, 0.3) is 5.91 Å². The van der Waals surface area contributed by atoms with Gasteiger partial charge in [-0.2, -0.15) is 0 Å². The summed E-state index contributed by atoms with van der Waals surface area (Å²) in [5.41, 5.74) is 3.39. The quantitative estimate of drug-likeness (QED) is 0.228. The summed E-state index contributed by atoms with van der Waals surface area (Å²) in [6.45, 7) is 4.47. The Morgan fingerprint density at radius 3 is 2.34 bits per heavy atom. The van der Waals surface area contributed by atoms with Crippen molar-refractivity contribution in [2.24, 2.45) is 0 Å². The molecular formula is C34H34ClN3O3. The zero-order chi connectivity index (χ0) is 28.9. The van der Waals surface area contributed by atoms with Crippen LogP contribution >= 0.6 is 11.6 Å². The Balaban J connectivity index is 1.37. The van der Waals surface area contributed by atoms with E-state index in [4.69, 9.17) is 11.6 Å². The van der Waals surface area contributed by atoms with E-state index < -0.39 is 6.04 Å². The number of amides is 3. The maximum absolute atomic E-state index is 13.9. The largest absolute Gasteiger partial charge is 0.352 e. The van der Waals surface area contributed by atoms with Crippen molar-refractivity contribution in [3.63, 3.8) is 0 Å². The highest BCUT2D eigenvalue weighted by Gasteiger charge is 2.32. The van der Waals surface area contributed by atoms with Crippen molar-refractivity contribution < 1.29 is 14.4 Å². The molecule has 6 nitrogen and oxygen atoms in total. The van der Waals surface area contributed by atoms with E-state index in [-0.39, 0.29) is 36.7 Å². The minimum absolute atomic E-state index is 0.0432. The molecule has 210 valence electrons. The van der Waals surface area contributed by atoms with Gasteiger partial charge in [0.2, 0.25) is 11.8 Å². The zero-order valence-corrected chi connectivity index (χ0v) is 24.1. The highest BCUT2D eigenvalue weighted by atomic mass is 35.5. The average molecular weight is 568 g/mol. The first-order valence-corrected chi connectivity index (χ1v) is 14.4. The number of anilines is 1. The molecule has 41 heavy (non-hydrogen) atoms. The van der Waals surface area contributed by atoms with Crippen LogP contribution in [0.1, 0.15) is 48.2 Å². The first-order valence-electron chi connectivity index (χ1n) is 14.0. The number of benzene rings is 4. The molecule has 1 aliphatic rings. The van der Waals surface area contributed by atoms with Crippen LogP contribution in [-0.2, 0) is 22.6 Å². The Hall–Kier alpha value is -4.16. The fourth-order valence-corrected chi connectivity index (χ4v) is 5.71. The molecule has 0 aliphatic carbocycles. The van der Waals surface area contributed by atoms with Gasteiger partial charge >= 0.3 is 0 Å². The van der Waals surface area contributed by atoms with Crippen LogP contribution in [-0.4, -0.2) is 41.2 Å². The Kier molecular flexibility index (Phi) is 8.70. The molecule has 0 saturated carbocycles. The number of carbonyl (C=O) groups is 3. The number of nitrogens with one attached hydrogen (secondary N) is 1. The highest BCUT2D eigenvalue weighted by molar-refractivity contribution is 6.30. The lowest BCUT2D eigenvalue weighted by atomic mass is 10.0. The van der Waals surface area contributed by atoms with Crippen LogP contribution in [0.5, 0.6) is 0 Å². The third-order valence-corrected chi connectivity index (χ3v) is 7.60. The van der Waals surface area contributed by atoms with E-state index in [2.05, 4.69) is 5.32 Å². The Morgan fingerprint density at radius 2 is 1.61 bits per heavy atom. The van der Waals surface area contributed by atoms with Crippen LogP contribution in [0.25, 0.3) is 10.8 Å². The molecule has 0 spiro atoms. The van der Waals surface area contributed by atoms with Crippen molar-refractivity contribution in [2.75, 3.05) is 11.4 Å². The van der Waals surface area contributed by atoms with Crippen molar-refractivity contribution in [1.82, 2.24) is 10.2 Å². The summed E-state index contributed by atoms with van der Waals surface area (Å²) in [7, 11) is 0. The molecule has 0 bridgehead atoms. The van der Waals surface area contributed by atoms with Crippen molar-refractivity contribution in [1.29, 1.82) is 0 Å². The summed E-state index contributed by atoms with van der Waals surface area (Å²) in [4.78, 5) is 44.1. The second kappa shape index (κ2) is 12.6. The highest BCUT2D eigenvalue weighted by Crippen LogP contribution is 2.37. The SMILES string of the molecule is CC(C)NC(=O)C(Cc1ccccc1)N(Cc1cccc(Cl)c1)C(=O)CCCN1C(=O)c2cccc3cccc1c23. The van der Waals surface area contributed by atoms with E-state index in [0.29, 0.717) is 30.0 Å². The summed E-state index contributed by atoms with van der Waals surface area (Å²) in [5.74, 6) is -0.387. The van der Waals surface area contributed by atoms with Crippen LogP contribution in [0, 0.1) is 0 Å². The number of carbonyl (C=O) groups excluding carboxylic acids is 3. The number of halogens is 1. The normalized spacial score (nSPS) is 13.1. The molecule has 0 radical (unpaired) electrons. The van der Waals surface area contributed by atoms with E-state index in [9.17, 15) is 14.4 Å². The van der Waals surface area contributed by atoms with E-state index in [0.717, 1.165) is 27.6 Å². The molecule has 0 aromatic heterocycles. The molecule has 7 heteroatoms. The maximum atomic E-state index is 13.9. The van der Waals surface area contributed by atoms with Crippen LogP contribution < -0.4 is 10.2 Å². The summed E-state index contributed by atoms with van der Waals surface area (Å²) in [6.07, 6.45) is 1.04. The molecule has 5 rings (SSSR count). The number of hydrogen-bond acceptors (Lipinski definition) is 3. The Bertz CT molecular complexity index is 1570. The summed E-state index contributed by atoms with van der Waals surface area (Å²) < 4.78 is 0.